The van der Waals surface area contributed by atoms with Gasteiger partial charge in [-0.15, -0.1) is 11.3 Å². The number of aromatic nitrogens is 4. The van der Waals surface area contributed by atoms with Crippen molar-refractivity contribution in [2.45, 2.75) is 33.6 Å². The van der Waals surface area contributed by atoms with Gasteiger partial charge in [-0.1, -0.05) is 12.1 Å². The summed E-state index contributed by atoms with van der Waals surface area (Å²) in [7, 11) is 0. The van der Waals surface area contributed by atoms with Crippen LogP contribution in [0.5, 0.6) is 0 Å². The topological polar surface area (TPSA) is 125 Å². The minimum absolute atomic E-state index is 0.0190. The Kier molecular flexibility index (Phi) is 5.87. The minimum atomic E-state index is -0.542. The predicted molar refractivity (Wildman–Crippen MR) is 119 cm³/mol. The van der Waals surface area contributed by atoms with Gasteiger partial charge in [-0.25, -0.2) is 4.98 Å². The Balaban J connectivity index is 1.57. The normalized spacial score (nSPS) is 11.0. The summed E-state index contributed by atoms with van der Waals surface area (Å²) in [5, 5.41) is 15.9. The number of carbonyl (C=O) groups is 1. The van der Waals surface area contributed by atoms with Gasteiger partial charge in [-0.3, -0.25) is 24.9 Å². The maximum absolute atomic E-state index is 12.7. The molecule has 4 rings (SSSR count). The highest BCUT2D eigenvalue weighted by atomic mass is 32.1. The van der Waals surface area contributed by atoms with E-state index in [1.165, 1.54) is 6.20 Å². The van der Waals surface area contributed by atoms with Gasteiger partial charge in [0.1, 0.15) is 22.7 Å². The van der Waals surface area contributed by atoms with Gasteiger partial charge in [0.05, 0.1) is 17.0 Å². The zero-order valence-electron chi connectivity index (χ0n) is 17.7. The molecule has 0 aliphatic heterocycles. The van der Waals surface area contributed by atoms with Crippen molar-refractivity contribution in [3.8, 4) is 22.0 Å². The van der Waals surface area contributed by atoms with Crippen LogP contribution in [0.2, 0.25) is 0 Å². The van der Waals surface area contributed by atoms with Crippen molar-refractivity contribution in [2.24, 2.45) is 0 Å². The molecule has 0 fully saturated rings. The highest BCUT2D eigenvalue weighted by Gasteiger charge is 2.20. The van der Waals surface area contributed by atoms with Crippen LogP contribution in [0.3, 0.4) is 0 Å². The molecule has 0 radical (unpaired) electrons. The zero-order chi connectivity index (χ0) is 22.8. The molecule has 10 heteroatoms. The Morgan fingerprint density at radius 1 is 1.22 bits per heavy atom. The van der Waals surface area contributed by atoms with Gasteiger partial charge in [0.15, 0.2) is 5.78 Å². The first-order valence-corrected chi connectivity index (χ1v) is 10.7. The van der Waals surface area contributed by atoms with Crippen LogP contribution in [0.25, 0.3) is 22.0 Å². The van der Waals surface area contributed by atoms with Crippen molar-refractivity contribution < 1.29 is 14.2 Å². The molecule has 162 valence electrons. The first-order valence-electron chi connectivity index (χ1n) is 9.88. The average molecular weight is 449 g/mol. The molecule has 0 atom stereocenters. The van der Waals surface area contributed by atoms with Crippen LogP contribution in [0.1, 0.15) is 39.2 Å². The number of ketones is 1. The van der Waals surface area contributed by atoms with Crippen molar-refractivity contribution in [2.75, 3.05) is 0 Å². The van der Waals surface area contributed by atoms with E-state index in [1.807, 2.05) is 19.1 Å². The molecule has 0 spiro atoms. The second-order valence-corrected chi connectivity index (χ2v) is 8.28. The molecule has 0 saturated heterocycles. The van der Waals surface area contributed by atoms with Crippen LogP contribution < -0.4 is 0 Å². The van der Waals surface area contributed by atoms with Crippen molar-refractivity contribution in [1.82, 2.24) is 20.1 Å². The quantitative estimate of drug-likeness (QED) is 0.224. The summed E-state index contributed by atoms with van der Waals surface area (Å²) in [6, 6.07) is 5.49. The fourth-order valence-corrected chi connectivity index (χ4v) is 4.28. The standard InChI is InChI=1S/C22H19N5O4S/c1-4-20-21(25-22(32-20)17-7-12(2)31-26-17)14-5-6-15(24-9-14)8-19(28)16-10-23-11-18(13(16)3)27(29)30/h5-7,9-11H,4,8H2,1-3H3. The van der Waals surface area contributed by atoms with E-state index in [0.29, 0.717) is 17.0 Å². The summed E-state index contributed by atoms with van der Waals surface area (Å²) in [5.74, 6) is 0.449. The van der Waals surface area contributed by atoms with Gasteiger partial charge in [0.25, 0.3) is 5.69 Å². The fraction of sp³-hybridized carbons (Fsp3) is 0.227. The Morgan fingerprint density at radius 2 is 2.03 bits per heavy atom. The van der Waals surface area contributed by atoms with E-state index in [-0.39, 0.29) is 23.5 Å². The third-order valence-corrected chi connectivity index (χ3v) is 6.21. The van der Waals surface area contributed by atoms with E-state index in [9.17, 15) is 14.9 Å². The molecular weight excluding hydrogens is 430 g/mol. The number of Topliss-reactive ketones (excluding diaryl/α,β-unsaturated/α-hetero) is 1. The predicted octanol–water partition coefficient (Wildman–Crippen LogP) is 4.77. The highest BCUT2D eigenvalue weighted by Crippen LogP contribution is 2.34. The number of hydrogen-bond donors (Lipinski definition) is 0. The van der Waals surface area contributed by atoms with Crippen molar-refractivity contribution >= 4 is 22.8 Å². The number of pyridine rings is 2. The molecule has 0 aromatic carbocycles. The zero-order valence-corrected chi connectivity index (χ0v) is 18.5. The molecule has 0 unspecified atom stereocenters. The Morgan fingerprint density at radius 3 is 2.66 bits per heavy atom. The molecule has 0 aliphatic carbocycles. The van der Waals surface area contributed by atoms with E-state index in [2.05, 4.69) is 22.0 Å². The smallest absolute Gasteiger partial charge is 0.291 e. The van der Waals surface area contributed by atoms with Crippen LogP contribution in [-0.4, -0.2) is 30.8 Å². The molecule has 4 aromatic rings. The van der Waals surface area contributed by atoms with Crippen molar-refractivity contribution in [1.29, 1.82) is 0 Å². The molecule has 9 nitrogen and oxygen atoms in total. The average Bonchev–Trinajstić information content (AvgIpc) is 3.40. The summed E-state index contributed by atoms with van der Waals surface area (Å²) in [6.45, 7) is 5.44. The van der Waals surface area contributed by atoms with Crippen LogP contribution in [0, 0.1) is 24.0 Å². The van der Waals surface area contributed by atoms with E-state index >= 15 is 0 Å². The van der Waals surface area contributed by atoms with Gasteiger partial charge in [-0.05, 0) is 32.4 Å². The van der Waals surface area contributed by atoms with Gasteiger partial charge in [0.2, 0.25) is 0 Å². The summed E-state index contributed by atoms with van der Waals surface area (Å²) < 4.78 is 5.16. The maximum Gasteiger partial charge on any atom is 0.291 e. The Hall–Kier alpha value is -3.79. The lowest BCUT2D eigenvalue weighted by Gasteiger charge is -2.06. The summed E-state index contributed by atoms with van der Waals surface area (Å²) in [6.07, 6.45) is 5.02. The number of nitro groups is 1. The van der Waals surface area contributed by atoms with Gasteiger partial charge < -0.3 is 4.52 Å². The van der Waals surface area contributed by atoms with E-state index in [4.69, 9.17) is 9.51 Å². The summed E-state index contributed by atoms with van der Waals surface area (Å²) >= 11 is 1.56. The van der Waals surface area contributed by atoms with E-state index in [1.54, 1.807) is 30.5 Å². The number of aryl methyl sites for hydroxylation is 2. The third-order valence-electron chi connectivity index (χ3n) is 4.99. The molecule has 0 aliphatic rings. The first-order chi connectivity index (χ1) is 15.4. The minimum Gasteiger partial charge on any atom is -0.361 e. The van der Waals surface area contributed by atoms with Gasteiger partial charge >= 0.3 is 0 Å². The van der Waals surface area contributed by atoms with Crippen LogP contribution in [0.15, 0.2) is 41.3 Å². The lowest BCUT2D eigenvalue weighted by molar-refractivity contribution is -0.385. The molecule has 0 saturated carbocycles. The fourth-order valence-electron chi connectivity index (χ4n) is 3.30. The maximum atomic E-state index is 12.7. The van der Waals surface area contributed by atoms with E-state index < -0.39 is 4.92 Å². The first kappa shape index (κ1) is 21.4. The second-order valence-electron chi connectivity index (χ2n) is 7.19. The molecule has 32 heavy (non-hydrogen) atoms. The number of hydrogen-bond acceptors (Lipinski definition) is 9. The third kappa shape index (κ3) is 4.17. The van der Waals surface area contributed by atoms with Crippen LogP contribution in [0.4, 0.5) is 5.69 Å². The SMILES string of the molecule is CCc1sc(-c2cc(C)on2)nc1-c1ccc(CC(=O)c2cncc([N+](=O)[O-])c2C)nc1. The Bertz CT molecular complexity index is 1310. The molecular formula is C22H19N5O4S. The number of nitrogens with zero attached hydrogens (tertiary/aromatic N) is 5. The Labute approximate surface area is 187 Å². The number of thiazole rings is 1. The highest BCUT2D eigenvalue weighted by molar-refractivity contribution is 7.15. The van der Waals surface area contributed by atoms with Crippen LogP contribution >= 0.6 is 11.3 Å². The molecule has 0 bridgehead atoms. The lowest BCUT2D eigenvalue weighted by atomic mass is 10.0. The van der Waals surface area contributed by atoms with Gasteiger partial charge in [0, 0.05) is 45.7 Å². The largest absolute Gasteiger partial charge is 0.361 e. The van der Waals surface area contributed by atoms with Gasteiger partial charge in [-0.2, -0.15) is 0 Å². The summed E-state index contributed by atoms with van der Waals surface area (Å²) in [5.41, 5.74) is 3.29. The summed E-state index contributed by atoms with van der Waals surface area (Å²) in [4.78, 5) is 37.3. The molecule has 4 heterocycles. The van der Waals surface area contributed by atoms with Crippen molar-refractivity contribution in [3.05, 3.63) is 74.4 Å². The molecule has 4 aromatic heterocycles. The van der Waals surface area contributed by atoms with E-state index in [0.717, 1.165) is 39.5 Å². The monoisotopic (exact) mass is 449 g/mol. The second kappa shape index (κ2) is 8.75. The van der Waals surface area contributed by atoms with Crippen LogP contribution in [-0.2, 0) is 12.8 Å². The molecule has 0 N–H and O–H groups in total. The number of carbonyl (C=O) groups excluding carboxylic acids is 1. The van der Waals surface area contributed by atoms with Crippen molar-refractivity contribution in [3.63, 3.8) is 0 Å². The number of rotatable bonds is 7. The molecule has 0 amide bonds. The lowest BCUT2D eigenvalue weighted by Crippen LogP contribution is -2.09.